The molecule has 0 radical (unpaired) electrons. The number of carbonyl (C=O) groups is 2. The number of hydrogen-bond donors (Lipinski definition) is 0. The van der Waals surface area contributed by atoms with E-state index >= 15 is 0 Å². The fourth-order valence-corrected chi connectivity index (χ4v) is 7.40. The van der Waals surface area contributed by atoms with E-state index in [4.69, 9.17) is 14.2 Å². The van der Waals surface area contributed by atoms with E-state index in [2.05, 4.69) is 106 Å². The van der Waals surface area contributed by atoms with Crippen LogP contribution in [0.15, 0.2) is 85.1 Å². The summed E-state index contributed by atoms with van der Waals surface area (Å²) in [4.78, 5) is 25.4. The average molecular weight is 891 g/mol. The van der Waals surface area contributed by atoms with Crippen LogP contribution in [0.1, 0.15) is 252 Å². The third-order valence-electron chi connectivity index (χ3n) is 11.4. The number of rotatable bonds is 49. The van der Waals surface area contributed by atoms with Crippen molar-refractivity contribution in [2.75, 3.05) is 19.8 Å². The van der Waals surface area contributed by atoms with E-state index in [0.29, 0.717) is 19.4 Å². The third kappa shape index (κ3) is 51.7. The number of hydrogen-bond acceptors (Lipinski definition) is 5. The number of carbonyl (C=O) groups excluding carboxylic acids is 2. The summed E-state index contributed by atoms with van der Waals surface area (Å²) in [5.41, 5.74) is 0. The lowest BCUT2D eigenvalue weighted by atomic mass is 10.0. The molecule has 0 rings (SSSR count). The molecule has 0 saturated heterocycles. The summed E-state index contributed by atoms with van der Waals surface area (Å²) in [7, 11) is 0. The number of ether oxygens (including phenoxy) is 3. The molecule has 64 heavy (non-hydrogen) atoms. The van der Waals surface area contributed by atoms with Crippen molar-refractivity contribution in [3.8, 4) is 0 Å². The zero-order valence-corrected chi connectivity index (χ0v) is 42.3. The Morgan fingerprint density at radius 2 is 0.719 bits per heavy atom. The number of unbranched alkanes of at least 4 members (excludes halogenated alkanes) is 24. The Hall–Kier alpha value is -2.92. The molecule has 0 aliphatic carbocycles. The van der Waals surface area contributed by atoms with Crippen LogP contribution >= 0.6 is 0 Å². The predicted octanol–water partition coefficient (Wildman–Crippen LogP) is 18.5. The first-order chi connectivity index (χ1) is 31.6. The number of allylic oxidation sites excluding steroid dienone is 14. The van der Waals surface area contributed by atoms with Gasteiger partial charge in [-0.2, -0.15) is 0 Å². The van der Waals surface area contributed by atoms with Crippen molar-refractivity contribution >= 4 is 11.9 Å². The molecular weight excluding hydrogens is 789 g/mol. The second-order valence-electron chi connectivity index (χ2n) is 17.8. The Morgan fingerprint density at radius 1 is 0.359 bits per heavy atom. The van der Waals surface area contributed by atoms with E-state index < -0.39 is 6.10 Å². The topological polar surface area (TPSA) is 61.8 Å². The van der Waals surface area contributed by atoms with Gasteiger partial charge in [0.05, 0.1) is 6.61 Å². The highest BCUT2D eigenvalue weighted by atomic mass is 16.6. The Labute approximate surface area is 397 Å². The standard InChI is InChI=1S/C59H102O5/c1-4-7-10-13-16-19-22-25-27-29-31-33-36-39-42-45-48-51-54-62-55-57(64-59(61)53-50-47-44-41-38-34-24-21-18-15-12-9-6-3)56-63-58(60)52-49-46-43-40-37-35-32-30-28-26-23-20-17-14-11-8-5-2/h8,11,16-17,19-20,25-28,32,35,40,43,57H,4-7,9-10,12-15,18,21-24,29-31,33-34,36-39,41-42,44-56H2,1-3H3/b11-8-,19-16-,20-17-,27-25-,28-26-,35-32-,43-40-. The molecule has 0 saturated carbocycles. The molecule has 1 unspecified atom stereocenters. The van der Waals surface area contributed by atoms with Gasteiger partial charge in [-0.25, -0.2) is 0 Å². The van der Waals surface area contributed by atoms with Gasteiger partial charge in [0.1, 0.15) is 6.61 Å². The maximum atomic E-state index is 12.8. The monoisotopic (exact) mass is 891 g/mol. The fraction of sp³-hybridized carbons (Fsp3) is 0.729. The lowest BCUT2D eigenvalue weighted by molar-refractivity contribution is -0.163. The van der Waals surface area contributed by atoms with Crippen LogP contribution in [-0.2, 0) is 23.8 Å². The normalized spacial score (nSPS) is 12.9. The Bertz CT molecular complexity index is 1190. The van der Waals surface area contributed by atoms with Gasteiger partial charge >= 0.3 is 11.9 Å². The van der Waals surface area contributed by atoms with Crippen molar-refractivity contribution in [2.45, 2.75) is 258 Å². The second kappa shape index (κ2) is 54.4. The maximum absolute atomic E-state index is 12.8. The molecule has 0 bridgehead atoms. The van der Waals surface area contributed by atoms with Crippen molar-refractivity contribution in [3.63, 3.8) is 0 Å². The highest BCUT2D eigenvalue weighted by Crippen LogP contribution is 2.15. The van der Waals surface area contributed by atoms with Crippen LogP contribution in [0.25, 0.3) is 0 Å². The zero-order chi connectivity index (χ0) is 46.3. The molecule has 1 atom stereocenters. The summed E-state index contributed by atoms with van der Waals surface area (Å²) in [6, 6.07) is 0. The maximum Gasteiger partial charge on any atom is 0.306 e. The average Bonchev–Trinajstić information content (AvgIpc) is 3.30. The minimum absolute atomic E-state index is 0.0524. The van der Waals surface area contributed by atoms with Crippen LogP contribution in [0.4, 0.5) is 0 Å². The largest absolute Gasteiger partial charge is 0.462 e. The quantitative estimate of drug-likeness (QED) is 0.0346. The van der Waals surface area contributed by atoms with Gasteiger partial charge in [0, 0.05) is 19.4 Å². The van der Waals surface area contributed by atoms with Gasteiger partial charge < -0.3 is 14.2 Å². The highest BCUT2D eigenvalue weighted by molar-refractivity contribution is 5.70. The van der Waals surface area contributed by atoms with Crippen LogP contribution in [-0.4, -0.2) is 37.9 Å². The van der Waals surface area contributed by atoms with E-state index in [0.717, 1.165) is 77.0 Å². The molecule has 0 aromatic carbocycles. The molecule has 0 spiro atoms. The van der Waals surface area contributed by atoms with Crippen LogP contribution in [0, 0.1) is 0 Å². The van der Waals surface area contributed by atoms with Crippen molar-refractivity contribution in [3.05, 3.63) is 85.1 Å². The van der Waals surface area contributed by atoms with Crippen molar-refractivity contribution in [2.24, 2.45) is 0 Å². The molecule has 0 heterocycles. The Morgan fingerprint density at radius 3 is 1.20 bits per heavy atom. The second-order valence-corrected chi connectivity index (χ2v) is 17.8. The van der Waals surface area contributed by atoms with Gasteiger partial charge in [-0.3, -0.25) is 9.59 Å². The lowest BCUT2D eigenvalue weighted by Crippen LogP contribution is -2.30. The molecule has 5 nitrogen and oxygen atoms in total. The SMILES string of the molecule is CC/C=C\C/C=C\C/C=C\C/C=C\C/C=C\CCCC(=O)OCC(COCCCCCCCCCC/C=C\C/C=C\CCCCC)OC(=O)CCCCCCCCCCCCCCC. The van der Waals surface area contributed by atoms with E-state index in [-0.39, 0.29) is 25.2 Å². The first-order valence-electron chi connectivity index (χ1n) is 27.1. The lowest BCUT2D eigenvalue weighted by Gasteiger charge is -2.18. The Kier molecular flexibility index (Phi) is 51.9. The van der Waals surface area contributed by atoms with E-state index in [1.54, 1.807) is 0 Å². The summed E-state index contributed by atoms with van der Waals surface area (Å²) >= 11 is 0. The summed E-state index contributed by atoms with van der Waals surface area (Å²) in [5, 5.41) is 0. The molecular formula is C59H102O5. The summed E-state index contributed by atoms with van der Waals surface area (Å²) in [6.45, 7) is 7.63. The van der Waals surface area contributed by atoms with E-state index in [1.165, 1.54) is 141 Å². The van der Waals surface area contributed by atoms with Gasteiger partial charge in [0.15, 0.2) is 6.10 Å². The third-order valence-corrected chi connectivity index (χ3v) is 11.4. The van der Waals surface area contributed by atoms with Gasteiger partial charge in [-0.1, -0.05) is 234 Å². The van der Waals surface area contributed by atoms with Crippen molar-refractivity contribution in [1.29, 1.82) is 0 Å². The van der Waals surface area contributed by atoms with Crippen LogP contribution in [0.3, 0.4) is 0 Å². The van der Waals surface area contributed by atoms with Crippen LogP contribution < -0.4 is 0 Å². The van der Waals surface area contributed by atoms with Crippen LogP contribution in [0.5, 0.6) is 0 Å². The smallest absolute Gasteiger partial charge is 0.306 e. The molecule has 0 fully saturated rings. The molecule has 0 aliphatic rings. The van der Waals surface area contributed by atoms with E-state index in [9.17, 15) is 9.59 Å². The Balaban J connectivity index is 4.35. The van der Waals surface area contributed by atoms with Gasteiger partial charge in [-0.05, 0) is 89.9 Å². The molecule has 0 aromatic rings. The highest BCUT2D eigenvalue weighted by Gasteiger charge is 2.17. The molecule has 0 amide bonds. The molecule has 368 valence electrons. The minimum atomic E-state index is -0.564. The molecule has 0 N–H and O–H groups in total. The molecule has 5 heteroatoms. The minimum Gasteiger partial charge on any atom is -0.462 e. The van der Waals surface area contributed by atoms with Crippen LogP contribution in [0.2, 0.25) is 0 Å². The zero-order valence-electron chi connectivity index (χ0n) is 42.3. The first kappa shape index (κ1) is 61.1. The predicted molar refractivity (Wildman–Crippen MR) is 279 cm³/mol. The molecule has 0 aliphatic heterocycles. The first-order valence-corrected chi connectivity index (χ1v) is 27.1. The number of esters is 2. The van der Waals surface area contributed by atoms with E-state index in [1.807, 2.05) is 0 Å². The van der Waals surface area contributed by atoms with Gasteiger partial charge in [0.2, 0.25) is 0 Å². The van der Waals surface area contributed by atoms with Gasteiger partial charge in [-0.15, -0.1) is 0 Å². The van der Waals surface area contributed by atoms with Crippen molar-refractivity contribution in [1.82, 2.24) is 0 Å². The summed E-state index contributed by atoms with van der Waals surface area (Å²) < 4.78 is 17.4. The summed E-state index contributed by atoms with van der Waals surface area (Å²) in [6.07, 6.45) is 71.7. The van der Waals surface area contributed by atoms with Crippen molar-refractivity contribution < 1.29 is 23.8 Å². The summed E-state index contributed by atoms with van der Waals surface area (Å²) in [5.74, 6) is -0.463. The fourth-order valence-electron chi connectivity index (χ4n) is 7.40. The molecule has 0 aromatic heterocycles. The van der Waals surface area contributed by atoms with Gasteiger partial charge in [0.25, 0.3) is 0 Å².